The number of nitrogens with one attached hydrogen (secondary N) is 1. The molecule has 0 amide bonds. The van der Waals surface area contributed by atoms with Gasteiger partial charge in [-0.3, -0.25) is 0 Å². The highest BCUT2D eigenvalue weighted by Crippen LogP contribution is 2.23. The number of anilines is 1. The molecule has 1 aromatic heterocycles. The second kappa shape index (κ2) is 6.62. The third-order valence-corrected chi connectivity index (χ3v) is 3.40. The largest absolute Gasteiger partial charge is 0.464 e. The Bertz CT molecular complexity index is 560. The van der Waals surface area contributed by atoms with Crippen molar-refractivity contribution in [3.8, 4) is 0 Å². The second-order valence-electron chi connectivity index (χ2n) is 5.28. The molecule has 20 heavy (non-hydrogen) atoms. The lowest BCUT2D eigenvalue weighted by Gasteiger charge is -2.22. The molecule has 108 valence electrons. The van der Waals surface area contributed by atoms with Crippen LogP contribution >= 0.6 is 0 Å². The second-order valence-corrected chi connectivity index (χ2v) is 5.28. The maximum atomic E-state index is 5.66. The zero-order valence-electron chi connectivity index (χ0n) is 12.9. The predicted octanol–water partition coefficient (Wildman–Crippen LogP) is 3.64. The third-order valence-electron chi connectivity index (χ3n) is 3.40. The topological polar surface area (TPSA) is 28.4 Å². The van der Waals surface area contributed by atoms with Crippen LogP contribution in [0.15, 0.2) is 34.7 Å². The van der Waals surface area contributed by atoms with E-state index < -0.39 is 0 Å². The van der Waals surface area contributed by atoms with Gasteiger partial charge in [0, 0.05) is 19.3 Å². The number of furan rings is 1. The molecule has 1 N–H and O–H groups in total. The molecule has 0 saturated heterocycles. The molecule has 0 fully saturated rings. The Morgan fingerprint density at radius 2 is 1.95 bits per heavy atom. The minimum absolute atomic E-state index is 0.788. The maximum absolute atomic E-state index is 5.66. The van der Waals surface area contributed by atoms with Crippen molar-refractivity contribution in [2.24, 2.45) is 0 Å². The first kappa shape index (κ1) is 14.7. The predicted molar refractivity (Wildman–Crippen MR) is 84.1 cm³/mol. The molecule has 0 atom stereocenters. The summed E-state index contributed by atoms with van der Waals surface area (Å²) in [6.07, 6.45) is 0. The lowest BCUT2D eigenvalue weighted by molar-refractivity contribution is 0.481. The van der Waals surface area contributed by atoms with Gasteiger partial charge < -0.3 is 14.6 Å². The van der Waals surface area contributed by atoms with Gasteiger partial charge in [-0.15, -0.1) is 0 Å². The molecule has 0 aliphatic carbocycles. The van der Waals surface area contributed by atoms with Crippen molar-refractivity contribution >= 4 is 5.69 Å². The van der Waals surface area contributed by atoms with Gasteiger partial charge in [-0.25, -0.2) is 0 Å². The molecular formula is C17H24N2O. The zero-order valence-corrected chi connectivity index (χ0v) is 12.9. The van der Waals surface area contributed by atoms with Crippen molar-refractivity contribution in [2.75, 3.05) is 18.5 Å². The van der Waals surface area contributed by atoms with Crippen LogP contribution in [0.5, 0.6) is 0 Å². The third kappa shape index (κ3) is 3.64. The van der Waals surface area contributed by atoms with E-state index in [1.807, 2.05) is 19.1 Å². The Kier molecular flexibility index (Phi) is 4.85. The van der Waals surface area contributed by atoms with Crippen molar-refractivity contribution in [1.29, 1.82) is 0 Å². The molecule has 3 nitrogen and oxygen atoms in total. The fourth-order valence-corrected chi connectivity index (χ4v) is 2.38. The van der Waals surface area contributed by atoms with Gasteiger partial charge in [0.1, 0.15) is 11.5 Å². The van der Waals surface area contributed by atoms with Gasteiger partial charge in [0.25, 0.3) is 0 Å². The molecular weight excluding hydrogens is 248 g/mol. The molecule has 3 heteroatoms. The first-order chi connectivity index (χ1) is 9.60. The summed E-state index contributed by atoms with van der Waals surface area (Å²) < 4.78 is 5.66. The maximum Gasteiger partial charge on any atom is 0.123 e. The van der Waals surface area contributed by atoms with Crippen LogP contribution in [0.3, 0.4) is 0 Å². The van der Waals surface area contributed by atoms with E-state index in [4.69, 9.17) is 4.42 Å². The highest BCUT2D eigenvalue weighted by atomic mass is 16.3. The van der Waals surface area contributed by atoms with Gasteiger partial charge in [-0.2, -0.15) is 0 Å². The van der Waals surface area contributed by atoms with E-state index in [2.05, 4.69) is 49.3 Å². The molecule has 0 unspecified atom stereocenters. The molecule has 0 aliphatic rings. The fourth-order valence-electron chi connectivity index (χ4n) is 2.38. The summed E-state index contributed by atoms with van der Waals surface area (Å²) in [4.78, 5) is 2.24. The van der Waals surface area contributed by atoms with Crippen molar-refractivity contribution in [3.05, 3.63) is 53.0 Å². The first-order valence-corrected chi connectivity index (χ1v) is 7.17. The van der Waals surface area contributed by atoms with Crippen molar-refractivity contribution in [2.45, 2.75) is 33.9 Å². The summed E-state index contributed by atoms with van der Waals surface area (Å²) >= 11 is 0. The summed E-state index contributed by atoms with van der Waals surface area (Å²) in [5.41, 5.74) is 3.88. The SMILES string of the molecule is CCNCc1cc(C)ccc1N(C)Cc1ccc(C)o1. The Labute approximate surface area is 121 Å². The van der Waals surface area contributed by atoms with Crippen LogP contribution in [-0.4, -0.2) is 13.6 Å². The molecule has 0 spiro atoms. The Hall–Kier alpha value is -1.74. The van der Waals surface area contributed by atoms with Gasteiger partial charge in [-0.1, -0.05) is 24.6 Å². The highest BCUT2D eigenvalue weighted by Gasteiger charge is 2.10. The fraction of sp³-hybridized carbons (Fsp3) is 0.412. The Morgan fingerprint density at radius 3 is 2.60 bits per heavy atom. The van der Waals surface area contributed by atoms with Crippen LogP contribution < -0.4 is 10.2 Å². The van der Waals surface area contributed by atoms with E-state index in [9.17, 15) is 0 Å². The van der Waals surface area contributed by atoms with Gasteiger partial charge >= 0.3 is 0 Å². The quantitative estimate of drug-likeness (QED) is 0.870. The van der Waals surface area contributed by atoms with Crippen LogP contribution in [0.2, 0.25) is 0 Å². The molecule has 0 bridgehead atoms. The highest BCUT2D eigenvalue weighted by molar-refractivity contribution is 5.54. The summed E-state index contributed by atoms with van der Waals surface area (Å²) in [7, 11) is 2.11. The van der Waals surface area contributed by atoms with Crippen molar-refractivity contribution in [3.63, 3.8) is 0 Å². The standard InChI is InChI=1S/C17H24N2O/c1-5-18-11-15-10-13(2)6-9-17(15)19(4)12-16-8-7-14(3)20-16/h6-10,18H,5,11-12H2,1-4H3. The molecule has 0 radical (unpaired) electrons. The van der Waals surface area contributed by atoms with Gasteiger partial charge in [0.2, 0.25) is 0 Å². The first-order valence-electron chi connectivity index (χ1n) is 7.17. The minimum Gasteiger partial charge on any atom is -0.464 e. The average molecular weight is 272 g/mol. The van der Waals surface area contributed by atoms with Crippen molar-refractivity contribution in [1.82, 2.24) is 5.32 Å². The Balaban J connectivity index is 2.17. The number of nitrogens with zero attached hydrogens (tertiary/aromatic N) is 1. The number of benzene rings is 1. The molecule has 1 heterocycles. The minimum atomic E-state index is 0.788. The van der Waals surface area contributed by atoms with E-state index in [1.54, 1.807) is 0 Å². The summed E-state index contributed by atoms with van der Waals surface area (Å²) in [6, 6.07) is 10.7. The molecule has 1 aromatic carbocycles. The van der Waals surface area contributed by atoms with Crippen LogP contribution in [0.4, 0.5) is 5.69 Å². The summed E-state index contributed by atoms with van der Waals surface area (Å²) in [5, 5.41) is 3.40. The van der Waals surface area contributed by atoms with Gasteiger partial charge in [0.05, 0.1) is 6.54 Å². The number of aryl methyl sites for hydroxylation is 2. The van der Waals surface area contributed by atoms with Crippen molar-refractivity contribution < 1.29 is 4.42 Å². The van der Waals surface area contributed by atoms with E-state index >= 15 is 0 Å². The van der Waals surface area contributed by atoms with Crippen LogP contribution in [0.1, 0.15) is 29.6 Å². The lowest BCUT2D eigenvalue weighted by atomic mass is 10.1. The van der Waals surface area contributed by atoms with E-state index in [-0.39, 0.29) is 0 Å². The van der Waals surface area contributed by atoms with Crippen LogP contribution in [-0.2, 0) is 13.1 Å². The lowest BCUT2D eigenvalue weighted by Crippen LogP contribution is -2.20. The number of hydrogen-bond acceptors (Lipinski definition) is 3. The molecule has 0 saturated carbocycles. The van der Waals surface area contributed by atoms with E-state index in [0.717, 1.165) is 31.2 Å². The number of hydrogen-bond donors (Lipinski definition) is 1. The molecule has 2 aromatic rings. The normalized spacial score (nSPS) is 10.8. The zero-order chi connectivity index (χ0) is 14.5. The molecule has 0 aliphatic heterocycles. The van der Waals surface area contributed by atoms with E-state index in [1.165, 1.54) is 16.8 Å². The molecule has 2 rings (SSSR count). The van der Waals surface area contributed by atoms with Gasteiger partial charge in [0.15, 0.2) is 0 Å². The van der Waals surface area contributed by atoms with Crippen LogP contribution in [0, 0.1) is 13.8 Å². The number of rotatable bonds is 6. The summed E-state index contributed by atoms with van der Waals surface area (Å²) in [6.45, 7) is 8.91. The Morgan fingerprint density at radius 1 is 1.15 bits per heavy atom. The smallest absolute Gasteiger partial charge is 0.123 e. The average Bonchev–Trinajstić information content (AvgIpc) is 2.81. The van der Waals surface area contributed by atoms with Gasteiger partial charge in [-0.05, 0) is 44.2 Å². The monoisotopic (exact) mass is 272 g/mol. The van der Waals surface area contributed by atoms with Crippen LogP contribution in [0.25, 0.3) is 0 Å². The van der Waals surface area contributed by atoms with E-state index in [0.29, 0.717) is 0 Å². The summed E-state index contributed by atoms with van der Waals surface area (Å²) in [5.74, 6) is 1.96.